The van der Waals surface area contributed by atoms with Gasteiger partial charge in [0.1, 0.15) is 0 Å². The van der Waals surface area contributed by atoms with Crippen LogP contribution in [0.5, 0.6) is 0 Å². The Kier molecular flexibility index (Phi) is 3.74. The molecule has 0 aliphatic carbocycles. The summed E-state index contributed by atoms with van der Waals surface area (Å²) in [6.45, 7) is 2.00. The molecule has 84 valence electrons. The Labute approximate surface area is 107 Å². The van der Waals surface area contributed by atoms with Gasteiger partial charge >= 0.3 is 0 Å². The molecular weight excluding hydrogens is 286 g/mol. The van der Waals surface area contributed by atoms with E-state index in [2.05, 4.69) is 20.9 Å². The van der Waals surface area contributed by atoms with Gasteiger partial charge in [-0.25, -0.2) is 0 Å². The SMILES string of the molecule is Cc1ccc(CC(O)c2ccc(Br)s2)nc1. The summed E-state index contributed by atoms with van der Waals surface area (Å²) in [4.78, 5) is 5.25. The number of halogens is 1. The number of aliphatic hydroxyl groups is 1. The molecular formula is C12H12BrNOS. The van der Waals surface area contributed by atoms with E-state index in [0.29, 0.717) is 6.42 Å². The third kappa shape index (κ3) is 2.90. The number of aryl methyl sites for hydroxylation is 1. The van der Waals surface area contributed by atoms with Gasteiger partial charge in [0, 0.05) is 23.2 Å². The quantitative estimate of drug-likeness (QED) is 0.941. The normalized spacial score (nSPS) is 12.7. The van der Waals surface area contributed by atoms with Crippen molar-refractivity contribution in [1.82, 2.24) is 4.98 Å². The molecule has 2 heterocycles. The minimum atomic E-state index is -0.466. The molecule has 1 unspecified atom stereocenters. The average Bonchev–Trinajstić information content (AvgIpc) is 2.68. The van der Waals surface area contributed by atoms with Crippen LogP contribution in [-0.4, -0.2) is 10.1 Å². The zero-order chi connectivity index (χ0) is 11.5. The van der Waals surface area contributed by atoms with Crippen LogP contribution in [0.1, 0.15) is 22.2 Å². The Morgan fingerprint density at radius 1 is 1.38 bits per heavy atom. The Balaban J connectivity index is 2.07. The second-order valence-electron chi connectivity index (χ2n) is 3.69. The fourth-order valence-electron chi connectivity index (χ4n) is 1.43. The van der Waals surface area contributed by atoms with Gasteiger partial charge in [-0.15, -0.1) is 11.3 Å². The molecule has 0 saturated heterocycles. The summed E-state index contributed by atoms with van der Waals surface area (Å²) in [6, 6.07) is 7.86. The molecule has 0 aliphatic heterocycles. The molecule has 1 atom stereocenters. The van der Waals surface area contributed by atoms with Gasteiger partial charge < -0.3 is 5.11 Å². The minimum absolute atomic E-state index is 0.466. The molecule has 1 N–H and O–H groups in total. The average molecular weight is 298 g/mol. The fraction of sp³-hybridized carbons (Fsp3) is 0.250. The number of rotatable bonds is 3. The molecule has 2 aromatic heterocycles. The van der Waals surface area contributed by atoms with E-state index in [1.807, 2.05) is 37.4 Å². The van der Waals surface area contributed by atoms with E-state index >= 15 is 0 Å². The first-order valence-corrected chi connectivity index (χ1v) is 6.61. The van der Waals surface area contributed by atoms with Crippen molar-refractivity contribution in [2.75, 3.05) is 0 Å². The Morgan fingerprint density at radius 2 is 2.19 bits per heavy atom. The van der Waals surface area contributed by atoms with E-state index in [-0.39, 0.29) is 0 Å². The van der Waals surface area contributed by atoms with Crippen LogP contribution in [0.15, 0.2) is 34.2 Å². The number of thiophene rings is 1. The molecule has 16 heavy (non-hydrogen) atoms. The molecule has 0 amide bonds. The topological polar surface area (TPSA) is 33.1 Å². The second-order valence-corrected chi connectivity index (χ2v) is 6.18. The van der Waals surface area contributed by atoms with Gasteiger partial charge in [0.2, 0.25) is 0 Å². The van der Waals surface area contributed by atoms with Gasteiger partial charge in [-0.05, 0) is 46.6 Å². The monoisotopic (exact) mass is 297 g/mol. The van der Waals surface area contributed by atoms with Crippen LogP contribution in [0.3, 0.4) is 0 Å². The van der Waals surface area contributed by atoms with Gasteiger partial charge in [0.15, 0.2) is 0 Å². The highest BCUT2D eigenvalue weighted by atomic mass is 79.9. The van der Waals surface area contributed by atoms with Crippen molar-refractivity contribution in [2.24, 2.45) is 0 Å². The molecule has 0 aliphatic rings. The number of hydrogen-bond acceptors (Lipinski definition) is 3. The second kappa shape index (κ2) is 5.08. The minimum Gasteiger partial charge on any atom is -0.387 e. The Bertz CT molecular complexity index is 466. The number of nitrogens with zero attached hydrogens (tertiary/aromatic N) is 1. The first-order valence-electron chi connectivity index (χ1n) is 5.00. The van der Waals surface area contributed by atoms with Crippen molar-refractivity contribution < 1.29 is 5.11 Å². The van der Waals surface area contributed by atoms with Gasteiger partial charge in [-0.2, -0.15) is 0 Å². The van der Waals surface area contributed by atoms with E-state index in [1.165, 1.54) is 0 Å². The molecule has 0 fully saturated rings. The van der Waals surface area contributed by atoms with Crippen molar-refractivity contribution in [3.05, 3.63) is 50.4 Å². The zero-order valence-corrected chi connectivity index (χ0v) is 11.3. The van der Waals surface area contributed by atoms with Crippen molar-refractivity contribution in [3.8, 4) is 0 Å². The largest absolute Gasteiger partial charge is 0.387 e. The molecule has 0 radical (unpaired) electrons. The maximum absolute atomic E-state index is 10.0. The Hall–Kier alpha value is -0.710. The number of aromatic nitrogens is 1. The molecule has 2 nitrogen and oxygen atoms in total. The van der Waals surface area contributed by atoms with E-state index < -0.39 is 6.10 Å². The fourth-order valence-corrected chi connectivity index (χ4v) is 2.83. The lowest BCUT2D eigenvalue weighted by Crippen LogP contribution is -2.01. The third-order valence-electron chi connectivity index (χ3n) is 2.30. The van der Waals surface area contributed by atoms with E-state index in [4.69, 9.17) is 0 Å². The predicted octanol–water partition coefficient (Wildman–Crippen LogP) is 3.49. The molecule has 0 spiro atoms. The summed E-state index contributed by atoms with van der Waals surface area (Å²) in [5.41, 5.74) is 2.06. The van der Waals surface area contributed by atoms with Crippen molar-refractivity contribution >= 4 is 27.3 Å². The van der Waals surface area contributed by atoms with E-state index in [0.717, 1.165) is 19.9 Å². The first kappa shape index (κ1) is 11.8. The van der Waals surface area contributed by atoms with Crippen LogP contribution in [0.2, 0.25) is 0 Å². The van der Waals surface area contributed by atoms with Crippen LogP contribution >= 0.6 is 27.3 Å². The number of aliphatic hydroxyl groups excluding tert-OH is 1. The van der Waals surface area contributed by atoms with E-state index in [1.54, 1.807) is 11.3 Å². The standard InChI is InChI=1S/C12H12BrNOS/c1-8-2-3-9(14-7-8)6-10(15)11-4-5-12(13)16-11/h2-5,7,10,15H,6H2,1H3. The van der Waals surface area contributed by atoms with Crippen LogP contribution in [0, 0.1) is 6.92 Å². The molecule has 0 bridgehead atoms. The summed E-state index contributed by atoms with van der Waals surface area (Å²) in [5, 5.41) is 10.0. The summed E-state index contributed by atoms with van der Waals surface area (Å²) in [5.74, 6) is 0. The maximum atomic E-state index is 10.0. The van der Waals surface area contributed by atoms with Gasteiger partial charge in [0.25, 0.3) is 0 Å². The summed E-state index contributed by atoms with van der Waals surface area (Å²) >= 11 is 4.94. The lowest BCUT2D eigenvalue weighted by atomic mass is 10.1. The summed E-state index contributed by atoms with van der Waals surface area (Å²) in [6.07, 6.45) is 1.92. The van der Waals surface area contributed by atoms with Crippen molar-refractivity contribution in [2.45, 2.75) is 19.4 Å². The third-order valence-corrected chi connectivity index (χ3v) is 4.02. The van der Waals surface area contributed by atoms with Crippen LogP contribution in [-0.2, 0) is 6.42 Å². The maximum Gasteiger partial charge on any atom is 0.0937 e. The molecule has 2 aromatic rings. The van der Waals surface area contributed by atoms with Crippen molar-refractivity contribution in [1.29, 1.82) is 0 Å². The highest BCUT2D eigenvalue weighted by Gasteiger charge is 2.11. The number of pyridine rings is 1. The highest BCUT2D eigenvalue weighted by Crippen LogP contribution is 2.28. The van der Waals surface area contributed by atoms with Crippen molar-refractivity contribution in [3.63, 3.8) is 0 Å². The zero-order valence-electron chi connectivity index (χ0n) is 8.85. The Morgan fingerprint density at radius 3 is 2.75 bits per heavy atom. The first-order chi connectivity index (χ1) is 7.65. The predicted molar refractivity (Wildman–Crippen MR) is 69.7 cm³/mol. The van der Waals surface area contributed by atoms with Crippen LogP contribution in [0.4, 0.5) is 0 Å². The lowest BCUT2D eigenvalue weighted by molar-refractivity contribution is 0.181. The summed E-state index contributed by atoms with van der Waals surface area (Å²) in [7, 11) is 0. The van der Waals surface area contributed by atoms with Crippen LogP contribution < -0.4 is 0 Å². The van der Waals surface area contributed by atoms with E-state index in [9.17, 15) is 5.11 Å². The molecule has 0 aromatic carbocycles. The van der Waals surface area contributed by atoms with Crippen LogP contribution in [0.25, 0.3) is 0 Å². The summed E-state index contributed by atoms with van der Waals surface area (Å²) < 4.78 is 1.04. The molecule has 0 saturated carbocycles. The van der Waals surface area contributed by atoms with Gasteiger partial charge in [-0.1, -0.05) is 6.07 Å². The molecule has 2 rings (SSSR count). The van der Waals surface area contributed by atoms with Gasteiger partial charge in [0.05, 0.1) is 9.89 Å². The smallest absolute Gasteiger partial charge is 0.0937 e. The molecule has 4 heteroatoms. The highest BCUT2D eigenvalue weighted by molar-refractivity contribution is 9.11. The number of hydrogen-bond donors (Lipinski definition) is 1. The lowest BCUT2D eigenvalue weighted by Gasteiger charge is -2.07. The van der Waals surface area contributed by atoms with Gasteiger partial charge in [-0.3, -0.25) is 4.98 Å².